The molecule has 0 amide bonds. The smallest absolute Gasteiger partial charge is 0.344 e. The standard InChI is InChI=1S/C22H22N2O6/c1-22(2)16-8-4-5-9-17(16)23(3)20(22)12-15(25)13-30-21(26)14-29-19-11-7-6-10-18(19)24(27)28/h4-12H,13-14H2,1-3H3/b20-12-. The third kappa shape index (κ3) is 4.17. The zero-order chi connectivity index (χ0) is 21.9. The summed E-state index contributed by atoms with van der Waals surface area (Å²) in [5.74, 6) is -1.20. The maximum Gasteiger partial charge on any atom is 0.344 e. The van der Waals surface area contributed by atoms with E-state index < -0.39 is 24.1 Å². The molecule has 0 fully saturated rings. The molecule has 0 aromatic heterocycles. The van der Waals surface area contributed by atoms with E-state index in [2.05, 4.69) is 0 Å². The Morgan fingerprint density at radius 1 is 1.10 bits per heavy atom. The van der Waals surface area contributed by atoms with Gasteiger partial charge in [0.05, 0.1) is 4.92 Å². The first kappa shape index (κ1) is 21.0. The molecule has 8 nitrogen and oxygen atoms in total. The van der Waals surface area contributed by atoms with Crippen molar-refractivity contribution in [1.82, 2.24) is 0 Å². The molecule has 0 bridgehead atoms. The lowest BCUT2D eigenvalue weighted by molar-refractivity contribution is -0.385. The first-order chi connectivity index (χ1) is 14.2. The minimum Gasteiger partial charge on any atom is -0.475 e. The van der Waals surface area contributed by atoms with Crippen LogP contribution in [-0.2, 0) is 19.7 Å². The molecule has 0 atom stereocenters. The Morgan fingerprint density at radius 3 is 2.47 bits per heavy atom. The Labute approximate surface area is 173 Å². The summed E-state index contributed by atoms with van der Waals surface area (Å²) in [5.41, 5.74) is 2.33. The van der Waals surface area contributed by atoms with Gasteiger partial charge in [-0.3, -0.25) is 14.9 Å². The van der Waals surface area contributed by atoms with E-state index in [0.717, 1.165) is 16.9 Å². The van der Waals surface area contributed by atoms with Crippen molar-refractivity contribution < 1.29 is 24.0 Å². The van der Waals surface area contributed by atoms with Crippen LogP contribution in [0.2, 0.25) is 0 Å². The molecule has 0 saturated carbocycles. The van der Waals surface area contributed by atoms with Crippen LogP contribution in [0.25, 0.3) is 0 Å². The van der Waals surface area contributed by atoms with E-state index in [1.54, 1.807) is 6.07 Å². The van der Waals surface area contributed by atoms with Gasteiger partial charge >= 0.3 is 11.7 Å². The lowest BCUT2D eigenvalue weighted by Gasteiger charge is -2.23. The van der Waals surface area contributed by atoms with Crippen LogP contribution < -0.4 is 9.64 Å². The van der Waals surface area contributed by atoms with E-state index in [9.17, 15) is 19.7 Å². The second kappa shape index (κ2) is 8.36. The van der Waals surface area contributed by atoms with Gasteiger partial charge in [0.15, 0.2) is 24.7 Å². The number of carbonyl (C=O) groups excluding carboxylic acids is 2. The second-order valence-corrected chi connectivity index (χ2v) is 7.37. The number of benzene rings is 2. The van der Waals surface area contributed by atoms with Crippen molar-refractivity contribution in [1.29, 1.82) is 0 Å². The quantitative estimate of drug-likeness (QED) is 0.299. The molecule has 0 radical (unpaired) electrons. The molecule has 0 spiro atoms. The van der Waals surface area contributed by atoms with Crippen LogP contribution in [0.5, 0.6) is 5.75 Å². The van der Waals surface area contributed by atoms with Gasteiger partial charge in [-0.25, -0.2) is 4.79 Å². The first-order valence-electron chi connectivity index (χ1n) is 9.32. The van der Waals surface area contributed by atoms with E-state index >= 15 is 0 Å². The fourth-order valence-corrected chi connectivity index (χ4v) is 3.51. The van der Waals surface area contributed by atoms with Crippen molar-refractivity contribution in [3.63, 3.8) is 0 Å². The summed E-state index contributed by atoms with van der Waals surface area (Å²) < 4.78 is 10.1. The van der Waals surface area contributed by atoms with E-state index in [0.29, 0.717) is 0 Å². The molecule has 0 unspecified atom stereocenters. The van der Waals surface area contributed by atoms with Gasteiger partial charge in [-0.05, 0) is 17.7 Å². The van der Waals surface area contributed by atoms with Crippen molar-refractivity contribution in [2.75, 3.05) is 25.2 Å². The Kier molecular flexibility index (Phi) is 5.86. The number of carbonyl (C=O) groups is 2. The number of allylic oxidation sites excluding steroid dienone is 1. The maximum atomic E-state index is 12.4. The highest BCUT2D eigenvalue weighted by molar-refractivity contribution is 5.94. The second-order valence-electron chi connectivity index (χ2n) is 7.37. The number of esters is 1. The van der Waals surface area contributed by atoms with Gasteiger partial charge < -0.3 is 14.4 Å². The summed E-state index contributed by atoms with van der Waals surface area (Å²) in [5, 5.41) is 11.0. The van der Waals surface area contributed by atoms with Gasteiger partial charge in [-0.2, -0.15) is 0 Å². The molecule has 3 rings (SSSR count). The first-order valence-corrected chi connectivity index (χ1v) is 9.32. The van der Waals surface area contributed by atoms with Gasteiger partial charge in [0, 0.05) is 36.0 Å². The molecule has 2 aromatic rings. The highest BCUT2D eigenvalue weighted by Crippen LogP contribution is 2.46. The molecule has 30 heavy (non-hydrogen) atoms. The number of nitro groups is 1. The number of hydrogen-bond donors (Lipinski definition) is 0. The third-order valence-corrected chi connectivity index (χ3v) is 5.02. The number of nitro benzene ring substituents is 1. The Balaban J connectivity index is 1.59. The van der Waals surface area contributed by atoms with Crippen LogP contribution in [0.15, 0.2) is 60.3 Å². The molecule has 8 heteroatoms. The highest BCUT2D eigenvalue weighted by atomic mass is 16.6. The number of para-hydroxylation sites is 3. The van der Waals surface area contributed by atoms with Crippen molar-refractivity contribution in [3.05, 3.63) is 76.0 Å². The number of rotatable bonds is 7. The predicted octanol–water partition coefficient (Wildman–Crippen LogP) is 3.40. The monoisotopic (exact) mass is 410 g/mol. The number of nitrogens with zero attached hydrogens (tertiary/aromatic N) is 2. The van der Waals surface area contributed by atoms with Crippen molar-refractivity contribution >= 4 is 23.1 Å². The SMILES string of the molecule is CN1/C(=C\C(=O)COC(=O)COc2ccccc2[N+](=O)[O-])C(C)(C)c2ccccc21. The lowest BCUT2D eigenvalue weighted by atomic mass is 9.83. The molecule has 1 heterocycles. The number of hydrogen-bond acceptors (Lipinski definition) is 7. The molecule has 2 aromatic carbocycles. The van der Waals surface area contributed by atoms with Crippen molar-refractivity contribution in [2.45, 2.75) is 19.3 Å². The van der Waals surface area contributed by atoms with Gasteiger partial charge in [0.2, 0.25) is 0 Å². The average Bonchev–Trinajstić information content (AvgIpc) is 2.92. The average molecular weight is 410 g/mol. The molecule has 0 N–H and O–H groups in total. The van der Waals surface area contributed by atoms with Crippen LogP contribution >= 0.6 is 0 Å². The van der Waals surface area contributed by atoms with E-state index in [1.807, 2.05) is 50.1 Å². The molecular formula is C22H22N2O6. The molecule has 1 aliphatic rings. The Bertz CT molecular complexity index is 1030. The number of fused-ring (bicyclic) bond motifs is 1. The topological polar surface area (TPSA) is 99.0 Å². The molecule has 0 saturated heterocycles. The summed E-state index contributed by atoms with van der Waals surface area (Å²) in [4.78, 5) is 36.6. The molecule has 156 valence electrons. The van der Waals surface area contributed by atoms with Gasteiger partial charge in [-0.15, -0.1) is 0 Å². The summed E-state index contributed by atoms with van der Waals surface area (Å²) in [6.45, 7) is 3.08. The van der Waals surface area contributed by atoms with Crippen LogP contribution in [0, 0.1) is 10.1 Å². The Morgan fingerprint density at radius 2 is 1.77 bits per heavy atom. The van der Waals surface area contributed by atoms with Crippen LogP contribution in [0.1, 0.15) is 19.4 Å². The summed E-state index contributed by atoms with van der Waals surface area (Å²) in [6, 6.07) is 13.6. The zero-order valence-electron chi connectivity index (χ0n) is 17.0. The minimum atomic E-state index is -0.790. The van der Waals surface area contributed by atoms with E-state index in [1.165, 1.54) is 24.3 Å². The number of likely N-dealkylation sites (N-methyl/N-ethyl adjacent to an activating group) is 1. The fraction of sp³-hybridized carbons (Fsp3) is 0.273. The normalized spacial score (nSPS) is 15.6. The minimum absolute atomic E-state index is 0.0417. The summed E-state index contributed by atoms with van der Waals surface area (Å²) in [6.07, 6.45) is 1.48. The van der Waals surface area contributed by atoms with Gasteiger partial charge in [0.25, 0.3) is 0 Å². The summed E-state index contributed by atoms with van der Waals surface area (Å²) in [7, 11) is 1.89. The molecular weight excluding hydrogens is 388 g/mol. The predicted molar refractivity (Wildman–Crippen MR) is 111 cm³/mol. The van der Waals surface area contributed by atoms with E-state index in [-0.39, 0.29) is 22.6 Å². The van der Waals surface area contributed by atoms with E-state index in [4.69, 9.17) is 9.47 Å². The number of ether oxygens (including phenoxy) is 2. The number of anilines is 1. The van der Waals surface area contributed by atoms with Crippen molar-refractivity contribution in [3.8, 4) is 5.75 Å². The van der Waals surface area contributed by atoms with Crippen molar-refractivity contribution in [2.24, 2.45) is 0 Å². The maximum absolute atomic E-state index is 12.4. The zero-order valence-corrected chi connectivity index (χ0v) is 17.0. The largest absolute Gasteiger partial charge is 0.475 e. The van der Waals surface area contributed by atoms with Crippen LogP contribution in [0.3, 0.4) is 0 Å². The van der Waals surface area contributed by atoms with Crippen LogP contribution in [-0.4, -0.2) is 36.9 Å². The molecule has 0 aliphatic carbocycles. The highest BCUT2D eigenvalue weighted by Gasteiger charge is 2.38. The Hall–Kier alpha value is -3.68. The van der Waals surface area contributed by atoms with Gasteiger partial charge in [-0.1, -0.05) is 44.2 Å². The van der Waals surface area contributed by atoms with Gasteiger partial charge in [0.1, 0.15) is 0 Å². The fourth-order valence-electron chi connectivity index (χ4n) is 3.51. The molecule has 1 aliphatic heterocycles. The number of ketones is 1. The third-order valence-electron chi connectivity index (χ3n) is 5.02. The summed E-state index contributed by atoms with van der Waals surface area (Å²) >= 11 is 0. The lowest BCUT2D eigenvalue weighted by Crippen LogP contribution is -2.25. The van der Waals surface area contributed by atoms with Crippen LogP contribution in [0.4, 0.5) is 11.4 Å².